The number of ether oxygens (including phenoxy) is 3. The molecule has 1 aliphatic heterocycles. The van der Waals surface area contributed by atoms with Crippen molar-refractivity contribution >= 4 is 29.1 Å². The number of benzene rings is 3. The molecule has 2 heterocycles. The molecule has 0 aliphatic carbocycles. The van der Waals surface area contributed by atoms with Crippen LogP contribution in [0, 0.1) is 6.92 Å². The molecular weight excluding hydrogens is 512 g/mol. The number of hydrogen-bond acceptors (Lipinski definition) is 7. The molecular formula is C31H28N2O5S. The predicted octanol–water partition coefficient (Wildman–Crippen LogP) is 4.26. The number of thiazole rings is 1. The first-order chi connectivity index (χ1) is 18.9. The van der Waals surface area contributed by atoms with E-state index >= 15 is 0 Å². The Bertz CT molecular complexity index is 1750. The number of methoxy groups -OCH3 is 2. The highest BCUT2D eigenvalue weighted by Gasteiger charge is 2.35. The SMILES string of the molecule is CCOC(=O)C1=C(c2ccccc2)N=c2s/c(=C/c3cccc(C)c3)c(=O)n2[C@@H]1c1ccc(OC)c(OC)c1. The zero-order valence-corrected chi connectivity index (χ0v) is 23.0. The van der Waals surface area contributed by atoms with Crippen LogP contribution >= 0.6 is 11.3 Å². The number of fused-ring (bicyclic) bond motifs is 1. The number of esters is 1. The smallest absolute Gasteiger partial charge is 0.338 e. The Labute approximate surface area is 229 Å². The maximum absolute atomic E-state index is 14.0. The van der Waals surface area contributed by atoms with Crippen molar-refractivity contribution in [1.29, 1.82) is 0 Å². The third-order valence-corrected chi connectivity index (χ3v) is 7.42. The van der Waals surface area contributed by atoms with E-state index in [-0.39, 0.29) is 17.7 Å². The number of hydrogen-bond donors (Lipinski definition) is 0. The van der Waals surface area contributed by atoms with Crippen molar-refractivity contribution in [2.45, 2.75) is 19.9 Å². The van der Waals surface area contributed by atoms with Gasteiger partial charge in [0.2, 0.25) is 0 Å². The second-order valence-corrected chi connectivity index (χ2v) is 9.97. The fourth-order valence-electron chi connectivity index (χ4n) is 4.69. The van der Waals surface area contributed by atoms with Gasteiger partial charge in [0.25, 0.3) is 5.56 Å². The van der Waals surface area contributed by atoms with Crippen LogP contribution in [0.25, 0.3) is 11.8 Å². The highest BCUT2D eigenvalue weighted by molar-refractivity contribution is 7.07. The van der Waals surface area contributed by atoms with Crippen LogP contribution in [0.15, 0.2) is 88.2 Å². The van der Waals surface area contributed by atoms with Crippen LogP contribution in [0.1, 0.15) is 35.2 Å². The van der Waals surface area contributed by atoms with E-state index in [2.05, 4.69) is 0 Å². The molecule has 1 aliphatic rings. The number of aromatic nitrogens is 1. The molecule has 8 heteroatoms. The Morgan fingerprint density at radius 3 is 2.46 bits per heavy atom. The monoisotopic (exact) mass is 540 g/mol. The van der Waals surface area contributed by atoms with Crippen molar-refractivity contribution in [2.75, 3.05) is 20.8 Å². The maximum Gasteiger partial charge on any atom is 0.338 e. The summed E-state index contributed by atoms with van der Waals surface area (Å²) in [6.07, 6.45) is 1.86. The molecule has 0 radical (unpaired) electrons. The van der Waals surface area contributed by atoms with Gasteiger partial charge in [-0.1, -0.05) is 77.6 Å². The second kappa shape index (κ2) is 11.1. The van der Waals surface area contributed by atoms with Crippen LogP contribution in [0.3, 0.4) is 0 Å². The third kappa shape index (κ3) is 5.03. The van der Waals surface area contributed by atoms with E-state index in [1.165, 1.54) is 11.3 Å². The van der Waals surface area contributed by atoms with Gasteiger partial charge in [-0.15, -0.1) is 0 Å². The highest BCUT2D eigenvalue weighted by Crippen LogP contribution is 2.38. The van der Waals surface area contributed by atoms with Gasteiger partial charge in [0, 0.05) is 5.56 Å². The minimum absolute atomic E-state index is 0.181. The molecule has 0 saturated carbocycles. The van der Waals surface area contributed by atoms with Crippen LogP contribution in [0.2, 0.25) is 0 Å². The average Bonchev–Trinajstić information content (AvgIpc) is 3.26. The van der Waals surface area contributed by atoms with E-state index in [9.17, 15) is 9.59 Å². The van der Waals surface area contributed by atoms with Gasteiger partial charge < -0.3 is 14.2 Å². The van der Waals surface area contributed by atoms with Gasteiger partial charge in [-0.25, -0.2) is 9.79 Å². The topological polar surface area (TPSA) is 79.1 Å². The summed E-state index contributed by atoms with van der Waals surface area (Å²) in [5.74, 6) is 0.490. The molecule has 4 aromatic rings. The molecule has 39 heavy (non-hydrogen) atoms. The lowest BCUT2D eigenvalue weighted by atomic mass is 9.93. The van der Waals surface area contributed by atoms with E-state index in [1.54, 1.807) is 37.8 Å². The highest BCUT2D eigenvalue weighted by atomic mass is 32.1. The Morgan fingerprint density at radius 2 is 1.77 bits per heavy atom. The quantitative estimate of drug-likeness (QED) is 0.328. The minimum atomic E-state index is -0.796. The molecule has 5 rings (SSSR count). The summed E-state index contributed by atoms with van der Waals surface area (Å²) in [5, 5.41) is 0. The number of carbonyl (C=O) groups is 1. The van der Waals surface area contributed by atoms with Crippen molar-refractivity contribution in [3.8, 4) is 11.5 Å². The van der Waals surface area contributed by atoms with Crippen LogP contribution < -0.4 is 24.4 Å². The Kier molecular flexibility index (Phi) is 7.47. The van der Waals surface area contributed by atoms with Gasteiger partial charge in [0.1, 0.15) is 0 Å². The van der Waals surface area contributed by atoms with Crippen LogP contribution in [0.5, 0.6) is 11.5 Å². The molecule has 1 aromatic heterocycles. The van der Waals surface area contributed by atoms with Gasteiger partial charge in [-0.3, -0.25) is 9.36 Å². The average molecular weight is 541 g/mol. The Balaban J connectivity index is 1.85. The largest absolute Gasteiger partial charge is 0.493 e. The molecule has 3 aromatic carbocycles. The van der Waals surface area contributed by atoms with Crippen LogP contribution in [0.4, 0.5) is 0 Å². The lowest BCUT2D eigenvalue weighted by Gasteiger charge is -2.26. The van der Waals surface area contributed by atoms with Gasteiger partial charge >= 0.3 is 5.97 Å². The van der Waals surface area contributed by atoms with Crippen LogP contribution in [-0.4, -0.2) is 31.4 Å². The Hall–Kier alpha value is -4.43. The van der Waals surface area contributed by atoms with Gasteiger partial charge in [0.05, 0.1) is 42.7 Å². The zero-order chi connectivity index (χ0) is 27.5. The summed E-state index contributed by atoms with van der Waals surface area (Å²) >= 11 is 1.29. The van der Waals surface area contributed by atoms with E-state index in [1.807, 2.05) is 73.7 Å². The lowest BCUT2D eigenvalue weighted by Crippen LogP contribution is -2.40. The van der Waals surface area contributed by atoms with Crippen molar-refractivity contribution in [3.05, 3.63) is 120 Å². The first-order valence-electron chi connectivity index (χ1n) is 12.5. The summed E-state index contributed by atoms with van der Waals surface area (Å²) in [7, 11) is 3.11. The third-order valence-electron chi connectivity index (χ3n) is 6.44. The minimum Gasteiger partial charge on any atom is -0.493 e. The van der Waals surface area contributed by atoms with Crippen molar-refractivity contribution in [1.82, 2.24) is 4.57 Å². The van der Waals surface area contributed by atoms with E-state index < -0.39 is 12.0 Å². The van der Waals surface area contributed by atoms with E-state index in [4.69, 9.17) is 19.2 Å². The normalized spacial score (nSPS) is 15.0. The maximum atomic E-state index is 14.0. The van der Waals surface area contributed by atoms with Crippen LogP contribution in [-0.2, 0) is 9.53 Å². The predicted molar refractivity (Wildman–Crippen MR) is 152 cm³/mol. The first-order valence-corrected chi connectivity index (χ1v) is 13.3. The summed E-state index contributed by atoms with van der Waals surface area (Å²) < 4.78 is 18.6. The number of rotatable bonds is 7. The standard InChI is InChI=1S/C31H28N2O5S/c1-5-38-30(35)26-27(21-12-7-6-8-13-21)32-31-33(28(26)22-14-15-23(36-3)24(18-22)37-4)29(34)25(39-31)17-20-11-9-10-19(2)16-20/h6-18,28H,5H2,1-4H3/b25-17+/t28-/m1/s1. The first kappa shape index (κ1) is 26.2. The number of nitrogens with zero attached hydrogens (tertiary/aromatic N) is 2. The molecule has 198 valence electrons. The molecule has 0 bridgehead atoms. The van der Waals surface area contributed by atoms with Crippen molar-refractivity contribution in [2.24, 2.45) is 4.99 Å². The summed E-state index contributed by atoms with van der Waals surface area (Å²) in [5.41, 5.74) is 3.94. The Morgan fingerprint density at radius 1 is 1.00 bits per heavy atom. The molecule has 1 atom stereocenters. The number of aryl methyl sites for hydroxylation is 1. The molecule has 0 saturated heterocycles. The fraction of sp³-hybridized carbons (Fsp3) is 0.194. The van der Waals surface area contributed by atoms with E-state index in [0.717, 1.165) is 16.7 Å². The molecule has 0 unspecified atom stereocenters. The summed E-state index contributed by atoms with van der Waals surface area (Å²) in [6.45, 7) is 3.94. The van der Waals surface area contributed by atoms with Crippen molar-refractivity contribution < 1.29 is 19.0 Å². The zero-order valence-electron chi connectivity index (χ0n) is 22.1. The molecule has 0 fully saturated rings. The summed E-state index contributed by atoms with van der Waals surface area (Å²) in [6, 6.07) is 22.0. The number of carbonyl (C=O) groups excluding carboxylic acids is 1. The fourth-order valence-corrected chi connectivity index (χ4v) is 5.69. The molecule has 7 nitrogen and oxygen atoms in total. The van der Waals surface area contributed by atoms with Crippen molar-refractivity contribution in [3.63, 3.8) is 0 Å². The second-order valence-electron chi connectivity index (χ2n) is 8.96. The van der Waals surface area contributed by atoms with E-state index in [0.29, 0.717) is 32.1 Å². The van der Waals surface area contributed by atoms with Gasteiger partial charge in [-0.05, 0) is 43.2 Å². The summed E-state index contributed by atoms with van der Waals surface area (Å²) in [4.78, 5) is 32.9. The lowest BCUT2D eigenvalue weighted by molar-refractivity contribution is -0.138. The van der Waals surface area contributed by atoms with Gasteiger partial charge in [0.15, 0.2) is 16.3 Å². The molecule has 0 spiro atoms. The molecule has 0 N–H and O–H groups in total. The van der Waals surface area contributed by atoms with Gasteiger partial charge in [-0.2, -0.15) is 0 Å². The molecule has 0 amide bonds.